The predicted octanol–water partition coefficient (Wildman–Crippen LogP) is 1.19. The maximum Gasteiger partial charge on any atom is 0.242 e. The molecule has 0 aliphatic carbocycles. The molecule has 0 spiro atoms. The largest absolute Gasteiger partial charge is 0.486 e. The number of aryl methyl sites for hydroxylation is 1. The third-order valence-corrected chi connectivity index (χ3v) is 3.68. The van der Waals surface area contributed by atoms with E-state index >= 15 is 0 Å². The van der Waals surface area contributed by atoms with Crippen molar-refractivity contribution in [1.29, 1.82) is 0 Å². The molecule has 0 fully saturated rings. The first-order valence-corrected chi connectivity index (χ1v) is 7.49. The first kappa shape index (κ1) is 18.1. The smallest absolute Gasteiger partial charge is 0.242 e. The zero-order valence-corrected chi connectivity index (χ0v) is 14.4. The molecule has 1 amide bonds. The molecule has 0 saturated heterocycles. The molecule has 8 heteroatoms. The summed E-state index contributed by atoms with van der Waals surface area (Å²) in [6, 6.07) is 5.26. The zero-order valence-electron chi connectivity index (χ0n) is 13.6. The number of fused-ring (bicyclic) bond motifs is 1. The molecule has 7 nitrogen and oxygen atoms in total. The Bertz CT molecular complexity index is 704. The third-order valence-electron chi connectivity index (χ3n) is 3.68. The molecule has 0 bridgehead atoms. The molecular formula is C16H21ClN4O3. The van der Waals surface area contributed by atoms with Crippen LogP contribution in [0.15, 0.2) is 30.6 Å². The third kappa shape index (κ3) is 3.98. The highest BCUT2D eigenvalue weighted by Crippen LogP contribution is 2.30. The highest BCUT2D eigenvalue weighted by Gasteiger charge is 2.20. The van der Waals surface area contributed by atoms with Crippen LogP contribution in [-0.4, -0.2) is 35.9 Å². The maximum absolute atomic E-state index is 12.4. The van der Waals surface area contributed by atoms with Crippen LogP contribution >= 0.6 is 12.4 Å². The van der Waals surface area contributed by atoms with E-state index in [2.05, 4.69) is 15.7 Å². The van der Waals surface area contributed by atoms with E-state index < -0.39 is 6.04 Å². The van der Waals surface area contributed by atoms with Crippen molar-refractivity contribution in [3.63, 3.8) is 0 Å². The van der Waals surface area contributed by atoms with Crippen molar-refractivity contribution in [3.05, 3.63) is 41.7 Å². The van der Waals surface area contributed by atoms with Gasteiger partial charge in [0, 0.05) is 25.4 Å². The summed E-state index contributed by atoms with van der Waals surface area (Å²) >= 11 is 0. The van der Waals surface area contributed by atoms with Crippen LogP contribution in [0.5, 0.6) is 11.5 Å². The first-order valence-electron chi connectivity index (χ1n) is 7.49. The fourth-order valence-electron chi connectivity index (χ4n) is 2.53. The van der Waals surface area contributed by atoms with E-state index in [1.54, 1.807) is 17.9 Å². The number of hydrogen-bond donors (Lipinski definition) is 2. The molecule has 1 aliphatic rings. The molecule has 1 aromatic heterocycles. The summed E-state index contributed by atoms with van der Waals surface area (Å²) in [5, 5.41) is 10.0. The van der Waals surface area contributed by atoms with Gasteiger partial charge in [-0.25, -0.2) is 0 Å². The Hall–Kier alpha value is -2.25. The SMILES string of the molecule is CNC(C(=O)NCc1ccc2c(c1)OCCO2)c1cnn(C)c1.Cl. The fraction of sp³-hybridized carbons (Fsp3) is 0.375. The summed E-state index contributed by atoms with van der Waals surface area (Å²) in [5.41, 5.74) is 1.79. The monoisotopic (exact) mass is 352 g/mol. The van der Waals surface area contributed by atoms with Gasteiger partial charge in [0.1, 0.15) is 19.3 Å². The Morgan fingerprint density at radius 1 is 1.33 bits per heavy atom. The zero-order chi connectivity index (χ0) is 16.2. The summed E-state index contributed by atoms with van der Waals surface area (Å²) < 4.78 is 12.7. The lowest BCUT2D eigenvalue weighted by Gasteiger charge is -2.19. The first-order chi connectivity index (χ1) is 11.2. The fourth-order valence-corrected chi connectivity index (χ4v) is 2.53. The lowest BCUT2D eigenvalue weighted by Crippen LogP contribution is -2.35. The van der Waals surface area contributed by atoms with E-state index in [9.17, 15) is 4.79 Å². The lowest BCUT2D eigenvalue weighted by atomic mass is 10.1. The highest BCUT2D eigenvalue weighted by atomic mass is 35.5. The van der Waals surface area contributed by atoms with Crippen molar-refractivity contribution in [2.24, 2.45) is 7.05 Å². The number of halogens is 1. The molecule has 1 atom stereocenters. The number of benzene rings is 1. The van der Waals surface area contributed by atoms with Crippen molar-refractivity contribution in [1.82, 2.24) is 20.4 Å². The predicted molar refractivity (Wildman–Crippen MR) is 91.5 cm³/mol. The topological polar surface area (TPSA) is 77.4 Å². The number of likely N-dealkylation sites (N-methyl/N-ethyl adjacent to an activating group) is 1. The van der Waals surface area contributed by atoms with Crippen molar-refractivity contribution in [2.45, 2.75) is 12.6 Å². The van der Waals surface area contributed by atoms with Gasteiger partial charge in [-0.3, -0.25) is 9.48 Å². The normalized spacial score (nSPS) is 13.8. The Morgan fingerprint density at radius 3 is 2.75 bits per heavy atom. The molecule has 1 unspecified atom stereocenters. The minimum Gasteiger partial charge on any atom is -0.486 e. The Balaban J connectivity index is 0.00000208. The van der Waals surface area contributed by atoms with Crippen LogP contribution in [0.2, 0.25) is 0 Å². The molecule has 1 aromatic carbocycles. The van der Waals surface area contributed by atoms with Crippen LogP contribution in [0, 0.1) is 0 Å². The highest BCUT2D eigenvalue weighted by molar-refractivity contribution is 5.85. The number of carbonyl (C=O) groups is 1. The van der Waals surface area contributed by atoms with Crippen LogP contribution < -0.4 is 20.1 Å². The van der Waals surface area contributed by atoms with Gasteiger partial charge in [0.15, 0.2) is 11.5 Å². The van der Waals surface area contributed by atoms with Gasteiger partial charge in [-0.1, -0.05) is 6.07 Å². The minimum atomic E-state index is -0.430. The van der Waals surface area contributed by atoms with Gasteiger partial charge < -0.3 is 20.1 Å². The van der Waals surface area contributed by atoms with E-state index in [1.165, 1.54) is 0 Å². The standard InChI is InChI=1S/C16H20N4O3.ClH/c1-17-15(12-9-19-20(2)10-12)16(21)18-8-11-3-4-13-14(7-11)23-6-5-22-13;/h3-4,7,9-10,15,17H,5-6,8H2,1-2H3,(H,18,21);1H. The molecule has 130 valence electrons. The number of aromatic nitrogens is 2. The van der Waals surface area contributed by atoms with E-state index in [-0.39, 0.29) is 18.3 Å². The number of nitrogens with zero attached hydrogens (tertiary/aromatic N) is 2. The van der Waals surface area contributed by atoms with Gasteiger partial charge in [-0.2, -0.15) is 5.10 Å². The van der Waals surface area contributed by atoms with E-state index in [4.69, 9.17) is 9.47 Å². The Kier molecular flexibility index (Phi) is 6.05. The number of ether oxygens (including phenoxy) is 2. The number of hydrogen-bond acceptors (Lipinski definition) is 5. The van der Waals surface area contributed by atoms with Gasteiger partial charge in [0.2, 0.25) is 5.91 Å². The van der Waals surface area contributed by atoms with Crippen LogP contribution in [0.3, 0.4) is 0 Å². The quantitative estimate of drug-likeness (QED) is 0.845. The lowest BCUT2D eigenvalue weighted by molar-refractivity contribution is -0.123. The minimum absolute atomic E-state index is 0. The summed E-state index contributed by atoms with van der Waals surface area (Å²) in [4.78, 5) is 12.4. The second-order valence-corrected chi connectivity index (χ2v) is 5.36. The van der Waals surface area contributed by atoms with Crippen LogP contribution in [-0.2, 0) is 18.4 Å². The average molecular weight is 353 g/mol. The molecule has 2 aromatic rings. The molecule has 2 heterocycles. The summed E-state index contributed by atoms with van der Waals surface area (Å²) in [5.74, 6) is 1.37. The molecule has 0 saturated carbocycles. The van der Waals surface area contributed by atoms with Crippen molar-refractivity contribution in [2.75, 3.05) is 20.3 Å². The molecule has 24 heavy (non-hydrogen) atoms. The van der Waals surface area contributed by atoms with Gasteiger partial charge in [0.25, 0.3) is 0 Å². The van der Waals surface area contributed by atoms with Gasteiger partial charge in [-0.05, 0) is 24.7 Å². The van der Waals surface area contributed by atoms with E-state index in [0.717, 1.165) is 22.6 Å². The second kappa shape index (κ2) is 8.03. The number of carbonyl (C=O) groups excluding carboxylic acids is 1. The summed E-state index contributed by atoms with van der Waals surface area (Å²) in [6.07, 6.45) is 3.51. The molecule has 0 radical (unpaired) electrons. The van der Waals surface area contributed by atoms with Crippen LogP contribution in [0.25, 0.3) is 0 Å². The van der Waals surface area contributed by atoms with Crippen molar-refractivity contribution < 1.29 is 14.3 Å². The molecule has 2 N–H and O–H groups in total. The number of amides is 1. The second-order valence-electron chi connectivity index (χ2n) is 5.36. The van der Waals surface area contributed by atoms with Crippen molar-refractivity contribution >= 4 is 18.3 Å². The number of rotatable bonds is 5. The van der Waals surface area contributed by atoms with Gasteiger partial charge in [-0.15, -0.1) is 12.4 Å². The number of nitrogens with one attached hydrogen (secondary N) is 2. The van der Waals surface area contributed by atoms with E-state index in [0.29, 0.717) is 19.8 Å². The van der Waals surface area contributed by atoms with Crippen LogP contribution in [0.4, 0.5) is 0 Å². The molecule has 1 aliphatic heterocycles. The summed E-state index contributed by atoms with van der Waals surface area (Å²) in [6.45, 7) is 1.54. The van der Waals surface area contributed by atoms with E-state index in [1.807, 2.05) is 31.4 Å². The van der Waals surface area contributed by atoms with Gasteiger partial charge >= 0.3 is 0 Å². The maximum atomic E-state index is 12.4. The van der Waals surface area contributed by atoms with Crippen molar-refractivity contribution in [3.8, 4) is 11.5 Å². The van der Waals surface area contributed by atoms with Gasteiger partial charge in [0.05, 0.1) is 6.20 Å². The average Bonchev–Trinajstić information content (AvgIpc) is 2.99. The molecular weight excluding hydrogens is 332 g/mol. The molecule has 3 rings (SSSR count). The van der Waals surface area contributed by atoms with Crippen LogP contribution in [0.1, 0.15) is 17.2 Å². The Labute approximate surface area is 146 Å². The Morgan fingerprint density at radius 2 is 2.08 bits per heavy atom. The summed E-state index contributed by atoms with van der Waals surface area (Å²) in [7, 11) is 3.57.